The van der Waals surface area contributed by atoms with Gasteiger partial charge in [0.1, 0.15) is 0 Å². The Morgan fingerprint density at radius 1 is 1.27 bits per heavy atom. The number of likely N-dealkylation sites (tertiary alicyclic amines) is 1. The Hall–Kier alpha value is -2.72. The number of carbonyl (C=O) groups is 2. The highest BCUT2D eigenvalue weighted by Crippen LogP contribution is 2.29. The molecule has 1 aliphatic heterocycles. The van der Waals surface area contributed by atoms with Crippen LogP contribution in [-0.2, 0) is 16.1 Å². The van der Waals surface area contributed by atoms with Gasteiger partial charge in [-0.15, -0.1) is 11.3 Å². The van der Waals surface area contributed by atoms with E-state index in [0.29, 0.717) is 11.0 Å². The van der Waals surface area contributed by atoms with E-state index in [0.717, 1.165) is 19.6 Å². The highest BCUT2D eigenvalue weighted by molar-refractivity contribution is 7.15. The van der Waals surface area contributed by atoms with Gasteiger partial charge in [-0.25, -0.2) is 9.78 Å². The second-order valence-corrected chi connectivity index (χ2v) is 7.70. The Labute approximate surface area is 176 Å². The normalized spacial score (nSPS) is 15.0. The molecular formula is C20H22F3N3O3S. The molecule has 0 unspecified atom stereocenters. The van der Waals surface area contributed by atoms with Crippen molar-refractivity contribution in [2.75, 3.05) is 18.4 Å². The molecule has 0 aliphatic carbocycles. The van der Waals surface area contributed by atoms with E-state index in [9.17, 15) is 18.0 Å². The third kappa shape index (κ3) is 7.60. The molecule has 1 saturated heterocycles. The molecule has 1 amide bonds. The maximum Gasteiger partial charge on any atom is 0.490 e. The number of carboxylic acids is 1. The molecule has 1 aromatic carbocycles. The number of carbonyl (C=O) groups excluding carboxylic acids is 1. The molecule has 0 radical (unpaired) electrons. The van der Waals surface area contributed by atoms with Crippen LogP contribution in [0.25, 0.3) is 0 Å². The maximum atomic E-state index is 11.3. The minimum absolute atomic E-state index is 0.213. The van der Waals surface area contributed by atoms with Gasteiger partial charge in [-0.2, -0.15) is 13.2 Å². The number of nitrogens with one attached hydrogen (secondary N) is 1. The standard InChI is InChI=1S/C18H21N3OS.C2HF3O2/c1-2-17(22)20-18-19-12-16(23-18)13-21-10-8-15(9-11-21)14-6-4-3-5-7-14;3-2(4,5)1(6)7/h2-7,12,15H,1,8-11,13H2,(H,19,20,22);(H,6,7). The van der Waals surface area contributed by atoms with Gasteiger partial charge in [0.25, 0.3) is 0 Å². The molecule has 1 fully saturated rings. The molecule has 0 bridgehead atoms. The Balaban J connectivity index is 0.000000396. The number of aliphatic carboxylic acids is 1. The van der Waals surface area contributed by atoms with Crippen LogP contribution in [0.3, 0.4) is 0 Å². The first-order valence-electron chi connectivity index (χ1n) is 9.14. The Kier molecular flexibility index (Phi) is 8.55. The first-order chi connectivity index (χ1) is 14.2. The second-order valence-electron chi connectivity index (χ2n) is 6.59. The van der Waals surface area contributed by atoms with Crippen LogP contribution in [0.4, 0.5) is 18.3 Å². The summed E-state index contributed by atoms with van der Waals surface area (Å²) in [5, 5.41) is 10.5. The van der Waals surface area contributed by atoms with Gasteiger partial charge < -0.3 is 5.11 Å². The molecule has 1 aliphatic rings. The molecule has 2 heterocycles. The molecule has 2 N–H and O–H groups in total. The number of nitrogens with zero attached hydrogens (tertiary/aromatic N) is 2. The predicted octanol–water partition coefficient (Wildman–Crippen LogP) is 4.28. The quantitative estimate of drug-likeness (QED) is 0.677. The number of aromatic nitrogens is 1. The van der Waals surface area contributed by atoms with Gasteiger partial charge >= 0.3 is 12.1 Å². The molecular weight excluding hydrogens is 419 g/mol. The van der Waals surface area contributed by atoms with E-state index >= 15 is 0 Å². The predicted molar refractivity (Wildman–Crippen MR) is 108 cm³/mol. The van der Waals surface area contributed by atoms with Gasteiger partial charge in [0.05, 0.1) is 0 Å². The molecule has 2 aromatic rings. The van der Waals surface area contributed by atoms with Crippen molar-refractivity contribution in [2.45, 2.75) is 31.5 Å². The fourth-order valence-electron chi connectivity index (χ4n) is 2.96. The summed E-state index contributed by atoms with van der Waals surface area (Å²) in [5.74, 6) is -2.29. The zero-order valence-electron chi connectivity index (χ0n) is 16.1. The van der Waals surface area contributed by atoms with Crippen molar-refractivity contribution in [1.82, 2.24) is 9.88 Å². The van der Waals surface area contributed by atoms with Crippen LogP contribution in [-0.4, -0.2) is 46.1 Å². The largest absolute Gasteiger partial charge is 0.490 e. The third-order valence-electron chi connectivity index (χ3n) is 4.45. The van der Waals surface area contributed by atoms with Crippen molar-refractivity contribution in [3.63, 3.8) is 0 Å². The van der Waals surface area contributed by atoms with Gasteiger partial charge in [0.2, 0.25) is 5.91 Å². The zero-order valence-corrected chi connectivity index (χ0v) is 16.9. The summed E-state index contributed by atoms with van der Waals surface area (Å²) in [5.41, 5.74) is 1.46. The van der Waals surface area contributed by atoms with Crippen molar-refractivity contribution in [1.29, 1.82) is 0 Å². The monoisotopic (exact) mass is 441 g/mol. The fourth-order valence-corrected chi connectivity index (χ4v) is 3.82. The maximum absolute atomic E-state index is 11.3. The fraction of sp³-hybridized carbons (Fsp3) is 0.350. The summed E-state index contributed by atoms with van der Waals surface area (Å²) < 4.78 is 31.7. The van der Waals surface area contributed by atoms with Crippen molar-refractivity contribution in [3.8, 4) is 0 Å². The van der Waals surface area contributed by atoms with Crippen molar-refractivity contribution in [2.24, 2.45) is 0 Å². The minimum atomic E-state index is -5.08. The van der Waals surface area contributed by atoms with E-state index in [4.69, 9.17) is 9.90 Å². The number of benzene rings is 1. The SMILES string of the molecule is C=CC(=O)Nc1ncc(CN2CCC(c3ccccc3)CC2)s1.O=C(O)C(F)(F)F. The third-order valence-corrected chi connectivity index (χ3v) is 5.35. The van der Waals surface area contributed by atoms with Gasteiger partial charge in [-0.3, -0.25) is 15.0 Å². The van der Waals surface area contributed by atoms with E-state index in [1.165, 1.54) is 40.7 Å². The Morgan fingerprint density at radius 2 is 1.87 bits per heavy atom. The van der Waals surface area contributed by atoms with E-state index in [1.807, 2.05) is 6.20 Å². The average Bonchev–Trinajstić information content (AvgIpc) is 3.15. The average molecular weight is 441 g/mol. The van der Waals surface area contributed by atoms with Gasteiger partial charge in [0.15, 0.2) is 5.13 Å². The first kappa shape index (κ1) is 23.6. The molecule has 162 valence electrons. The molecule has 0 atom stereocenters. The number of thiazole rings is 1. The number of halogens is 3. The molecule has 3 rings (SSSR count). The lowest BCUT2D eigenvalue weighted by molar-refractivity contribution is -0.192. The van der Waals surface area contributed by atoms with E-state index in [2.05, 4.69) is 52.1 Å². The van der Waals surface area contributed by atoms with Crippen LogP contribution >= 0.6 is 11.3 Å². The number of carboxylic acid groups (broad SMARTS) is 1. The number of amides is 1. The lowest BCUT2D eigenvalue weighted by Crippen LogP contribution is -2.32. The van der Waals surface area contributed by atoms with E-state index < -0.39 is 12.1 Å². The van der Waals surface area contributed by atoms with Crippen LogP contribution < -0.4 is 5.32 Å². The molecule has 30 heavy (non-hydrogen) atoms. The summed E-state index contributed by atoms with van der Waals surface area (Å²) in [6, 6.07) is 10.8. The molecule has 6 nitrogen and oxygen atoms in total. The summed E-state index contributed by atoms with van der Waals surface area (Å²) >= 11 is 1.53. The molecule has 0 saturated carbocycles. The highest BCUT2D eigenvalue weighted by Gasteiger charge is 2.38. The summed E-state index contributed by atoms with van der Waals surface area (Å²) in [4.78, 5) is 28.1. The van der Waals surface area contributed by atoms with E-state index in [1.54, 1.807) is 0 Å². The lowest BCUT2D eigenvalue weighted by atomic mass is 9.89. The highest BCUT2D eigenvalue weighted by atomic mass is 32.1. The second kappa shape index (κ2) is 10.9. The van der Waals surface area contributed by atoms with E-state index in [-0.39, 0.29) is 5.91 Å². The number of hydrogen-bond donors (Lipinski definition) is 2. The van der Waals surface area contributed by atoms with Crippen molar-refractivity contribution < 1.29 is 27.9 Å². The summed E-state index contributed by atoms with van der Waals surface area (Å²) in [6.07, 6.45) is 0.424. The van der Waals surface area contributed by atoms with Crippen LogP contribution in [0.5, 0.6) is 0 Å². The number of piperidine rings is 1. The number of alkyl halides is 3. The lowest BCUT2D eigenvalue weighted by Gasteiger charge is -2.31. The smallest absolute Gasteiger partial charge is 0.475 e. The van der Waals surface area contributed by atoms with Crippen LogP contribution in [0.15, 0.2) is 49.2 Å². The molecule has 1 aromatic heterocycles. The van der Waals surface area contributed by atoms with Crippen LogP contribution in [0, 0.1) is 0 Å². The van der Waals surface area contributed by atoms with Gasteiger partial charge in [-0.05, 0) is 43.5 Å². The molecule has 0 spiro atoms. The van der Waals surface area contributed by atoms with Crippen LogP contribution in [0.2, 0.25) is 0 Å². The van der Waals surface area contributed by atoms with Gasteiger partial charge in [-0.1, -0.05) is 36.9 Å². The summed E-state index contributed by atoms with van der Waals surface area (Å²) in [7, 11) is 0. The number of anilines is 1. The summed E-state index contributed by atoms with van der Waals surface area (Å²) in [6.45, 7) is 6.56. The Morgan fingerprint density at radius 3 is 2.40 bits per heavy atom. The first-order valence-corrected chi connectivity index (χ1v) is 9.96. The molecule has 10 heteroatoms. The topological polar surface area (TPSA) is 82.5 Å². The minimum Gasteiger partial charge on any atom is -0.475 e. The Bertz CT molecular complexity index is 848. The number of rotatable bonds is 5. The zero-order chi connectivity index (χ0) is 22.1. The van der Waals surface area contributed by atoms with Crippen molar-refractivity contribution in [3.05, 3.63) is 59.6 Å². The van der Waals surface area contributed by atoms with Crippen molar-refractivity contribution >= 4 is 28.3 Å². The van der Waals surface area contributed by atoms with Crippen LogP contribution in [0.1, 0.15) is 29.2 Å². The number of hydrogen-bond acceptors (Lipinski definition) is 5. The van der Waals surface area contributed by atoms with Gasteiger partial charge in [0, 0.05) is 17.6 Å².